The van der Waals surface area contributed by atoms with Crippen molar-refractivity contribution in [2.75, 3.05) is 5.73 Å². The summed E-state index contributed by atoms with van der Waals surface area (Å²) >= 11 is 5.72. The van der Waals surface area contributed by atoms with E-state index in [1.54, 1.807) is 6.07 Å². The van der Waals surface area contributed by atoms with Gasteiger partial charge in [0.1, 0.15) is 5.82 Å². The first-order valence-corrected chi connectivity index (χ1v) is 5.20. The van der Waals surface area contributed by atoms with Crippen LogP contribution in [0, 0.1) is 5.82 Å². The summed E-state index contributed by atoms with van der Waals surface area (Å²) in [6, 6.07) is 4.38. The van der Waals surface area contributed by atoms with Crippen molar-refractivity contribution in [3.8, 4) is 0 Å². The molecule has 0 atom stereocenters. The van der Waals surface area contributed by atoms with Gasteiger partial charge in [0, 0.05) is 6.20 Å². The maximum absolute atomic E-state index is 13.2. The lowest BCUT2D eigenvalue weighted by molar-refractivity contribution is 0.626. The van der Waals surface area contributed by atoms with Gasteiger partial charge >= 0.3 is 5.69 Å². The molecule has 0 spiro atoms. The Labute approximate surface area is 101 Å². The van der Waals surface area contributed by atoms with E-state index >= 15 is 0 Å². The van der Waals surface area contributed by atoms with Gasteiger partial charge in [-0.05, 0) is 17.7 Å². The Morgan fingerprint density at radius 1 is 1.47 bits per heavy atom. The maximum atomic E-state index is 13.2. The van der Waals surface area contributed by atoms with Crippen LogP contribution in [0.2, 0.25) is 5.02 Å². The molecular weight excluding hydrogens is 245 g/mol. The molecule has 0 bridgehead atoms. The van der Waals surface area contributed by atoms with Crippen LogP contribution in [0.3, 0.4) is 0 Å². The Kier molecular flexibility index (Phi) is 3.10. The molecule has 0 saturated heterocycles. The number of anilines is 1. The number of aromatic nitrogens is 2. The molecule has 0 aliphatic carbocycles. The largest absolute Gasteiger partial charge is 0.396 e. The van der Waals surface area contributed by atoms with Gasteiger partial charge in [0.15, 0.2) is 0 Å². The molecule has 1 heterocycles. The third kappa shape index (κ3) is 2.62. The Morgan fingerprint density at radius 3 is 2.94 bits per heavy atom. The fourth-order valence-electron chi connectivity index (χ4n) is 1.41. The van der Waals surface area contributed by atoms with E-state index < -0.39 is 11.5 Å². The number of rotatable bonds is 2. The molecule has 0 amide bonds. The molecule has 2 N–H and O–H groups in total. The van der Waals surface area contributed by atoms with Gasteiger partial charge < -0.3 is 5.73 Å². The monoisotopic (exact) mass is 253 g/mol. The van der Waals surface area contributed by atoms with Crippen molar-refractivity contribution in [3.05, 3.63) is 57.5 Å². The van der Waals surface area contributed by atoms with E-state index in [0.29, 0.717) is 10.6 Å². The zero-order valence-electron chi connectivity index (χ0n) is 8.73. The first-order chi connectivity index (χ1) is 8.06. The summed E-state index contributed by atoms with van der Waals surface area (Å²) in [5, 5.41) is 0.348. The normalized spacial score (nSPS) is 10.5. The third-order valence-corrected chi connectivity index (χ3v) is 2.44. The van der Waals surface area contributed by atoms with Crippen LogP contribution >= 0.6 is 11.6 Å². The summed E-state index contributed by atoms with van der Waals surface area (Å²) in [5.41, 5.74) is 5.61. The van der Waals surface area contributed by atoms with Crippen LogP contribution in [0.25, 0.3) is 0 Å². The zero-order valence-corrected chi connectivity index (χ0v) is 9.49. The predicted molar refractivity (Wildman–Crippen MR) is 63.4 cm³/mol. The van der Waals surface area contributed by atoms with Gasteiger partial charge in [-0.1, -0.05) is 17.7 Å². The molecule has 1 aromatic carbocycles. The number of nitrogen functional groups attached to an aromatic ring is 1. The average Bonchev–Trinajstić information content (AvgIpc) is 2.29. The van der Waals surface area contributed by atoms with Crippen molar-refractivity contribution < 1.29 is 4.39 Å². The number of benzene rings is 1. The van der Waals surface area contributed by atoms with Gasteiger partial charge in [-0.2, -0.15) is 0 Å². The molecule has 88 valence electrons. The molecular formula is C11H9ClFN3O. The topological polar surface area (TPSA) is 60.9 Å². The van der Waals surface area contributed by atoms with E-state index in [1.807, 2.05) is 0 Å². The lowest BCUT2D eigenvalue weighted by atomic mass is 10.2. The molecule has 0 unspecified atom stereocenters. The zero-order chi connectivity index (χ0) is 12.4. The van der Waals surface area contributed by atoms with E-state index in [9.17, 15) is 9.18 Å². The van der Waals surface area contributed by atoms with Crippen LogP contribution in [0.15, 0.2) is 35.4 Å². The number of nitrogens with zero attached hydrogens (tertiary/aromatic N) is 2. The summed E-state index contributed by atoms with van der Waals surface area (Å²) < 4.78 is 14.5. The van der Waals surface area contributed by atoms with Gasteiger partial charge in [-0.25, -0.2) is 14.2 Å². The van der Waals surface area contributed by atoms with E-state index in [2.05, 4.69) is 4.98 Å². The summed E-state index contributed by atoms with van der Waals surface area (Å²) in [7, 11) is 0. The molecule has 0 saturated carbocycles. The Morgan fingerprint density at radius 2 is 2.24 bits per heavy atom. The first kappa shape index (κ1) is 11.6. The first-order valence-electron chi connectivity index (χ1n) is 4.82. The highest BCUT2D eigenvalue weighted by Crippen LogP contribution is 2.13. The Hall–Kier alpha value is -1.88. The van der Waals surface area contributed by atoms with Gasteiger partial charge in [0.25, 0.3) is 0 Å². The quantitative estimate of drug-likeness (QED) is 0.828. The molecule has 2 rings (SSSR count). The van der Waals surface area contributed by atoms with E-state index in [0.717, 1.165) is 0 Å². The summed E-state index contributed by atoms with van der Waals surface area (Å²) in [4.78, 5) is 15.0. The van der Waals surface area contributed by atoms with E-state index in [1.165, 1.54) is 29.1 Å². The number of hydrogen-bond donors (Lipinski definition) is 1. The molecule has 17 heavy (non-hydrogen) atoms. The van der Waals surface area contributed by atoms with Crippen molar-refractivity contribution in [2.45, 2.75) is 6.54 Å². The molecule has 0 fully saturated rings. The smallest absolute Gasteiger partial charge is 0.347 e. The van der Waals surface area contributed by atoms with Crippen LogP contribution < -0.4 is 11.4 Å². The molecule has 0 aliphatic rings. The van der Waals surface area contributed by atoms with Gasteiger partial charge in [-0.15, -0.1) is 0 Å². The van der Waals surface area contributed by atoms with Crippen molar-refractivity contribution in [1.82, 2.24) is 9.55 Å². The second-order valence-corrected chi connectivity index (χ2v) is 3.97. The minimum Gasteiger partial charge on any atom is -0.396 e. The summed E-state index contributed by atoms with van der Waals surface area (Å²) in [5.74, 6) is -0.509. The van der Waals surface area contributed by atoms with E-state index in [-0.39, 0.29) is 12.2 Å². The highest BCUT2D eigenvalue weighted by atomic mass is 35.5. The van der Waals surface area contributed by atoms with Gasteiger partial charge in [-0.3, -0.25) is 4.57 Å². The molecule has 4 nitrogen and oxygen atoms in total. The molecule has 0 aliphatic heterocycles. The van der Waals surface area contributed by atoms with Crippen molar-refractivity contribution in [3.63, 3.8) is 0 Å². The highest BCUT2D eigenvalue weighted by Gasteiger charge is 2.03. The standard InChI is InChI=1S/C11H9ClFN3O/c12-8-4-15-11(17)16(6-8)5-7-1-2-10(14)9(13)3-7/h1-4,6H,5,14H2. The average molecular weight is 254 g/mol. The summed E-state index contributed by atoms with van der Waals surface area (Å²) in [6.07, 6.45) is 2.72. The van der Waals surface area contributed by atoms with Crippen LogP contribution in [-0.2, 0) is 6.54 Å². The van der Waals surface area contributed by atoms with Crippen LogP contribution in [0.4, 0.5) is 10.1 Å². The Bertz CT molecular complexity index is 612. The second-order valence-electron chi connectivity index (χ2n) is 3.54. The molecule has 0 radical (unpaired) electrons. The third-order valence-electron chi connectivity index (χ3n) is 2.24. The summed E-state index contributed by atoms with van der Waals surface area (Å²) in [6.45, 7) is 0.198. The molecule has 6 heteroatoms. The molecule has 1 aromatic heterocycles. The lowest BCUT2D eigenvalue weighted by Gasteiger charge is -2.06. The van der Waals surface area contributed by atoms with Crippen molar-refractivity contribution in [1.29, 1.82) is 0 Å². The minimum atomic E-state index is -0.509. The van der Waals surface area contributed by atoms with E-state index in [4.69, 9.17) is 17.3 Å². The van der Waals surface area contributed by atoms with Crippen molar-refractivity contribution in [2.24, 2.45) is 0 Å². The van der Waals surface area contributed by atoms with Crippen LogP contribution in [0.5, 0.6) is 0 Å². The number of hydrogen-bond acceptors (Lipinski definition) is 3. The fraction of sp³-hybridized carbons (Fsp3) is 0.0909. The predicted octanol–water partition coefficient (Wildman–Crippen LogP) is 1.67. The molecule has 2 aromatic rings. The SMILES string of the molecule is Nc1ccc(Cn2cc(Cl)cnc2=O)cc1F. The van der Waals surface area contributed by atoms with Crippen LogP contribution in [-0.4, -0.2) is 9.55 Å². The second kappa shape index (κ2) is 4.55. The van der Waals surface area contributed by atoms with Crippen LogP contribution in [0.1, 0.15) is 5.56 Å². The maximum Gasteiger partial charge on any atom is 0.347 e. The minimum absolute atomic E-state index is 0.0744. The number of nitrogens with two attached hydrogens (primary N) is 1. The van der Waals surface area contributed by atoms with Gasteiger partial charge in [0.2, 0.25) is 0 Å². The van der Waals surface area contributed by atoms with Crippen molar-refractivity contribution >= 4 is 17.3 Å². The lowest BCUT2D eigenvalue weighted by Crippen LogP contribution is -2.22. The highest BCUT2D eigenvalue weighted by molar-refractivity contribution is 6.30. The fourth-order valence-corrected chi connectivity index (χ4v) is 1.57. The number of halogens is 2. The van der Waals surface area contributed by atoms with Gasteiger partial charge in [0.05, 0.1) is 23.5 Å². The Balaban J connectivity index is 2.34.